The summed E-state index contributed by atoms with van der Waals surface area (Å²) in [5.74, 6) is 0.554. The number of thiophene rings is 1. The molecule has 2 atom stereocenters. The normalized spacial score (nSPS) is 24.8. The Balaban J connectivity index is 2.35. The molecule has 0 bridgehead atoms. The van der Waals surface area contributed by atoms with Crippen molar-refractivity contribution >= 4 is 38.6 Å². The summed E-state index contributed by atoms with van der Waals surface area (Å²) in [7, 11) is -3.70. The number of halogens is 1. The van der Waals surface area contributed by atoms with E-state index in [1.165, 1.54) is 4.31 Å². The summed E-state index contributed by atoms with van der Waals surface area (Å²) in [6.07, 6.45) is 0.983. The van der Waals surface area contributed by atoms with Crippen LogP contribution < -0.4 is 0 Å². The summed E-state index contributed by atoms with van der Waals surface area (Å²) in [4.78, 5) is 10.1. The van der Waals surface area contributed by atoms with Crippen molar-refractivity contribution in [2.24, 2.45) is 11.8 Å². The van der Waals surface area contributed by atoms with Crippen LogP contribution in [-0.4, -0.2) is 30.7 Å². The summed E-state index contributed by atoms with van der Waals surface area (Å²) in [6, 6.07) is 1.05. The summed E-state index contributed by atoms with van der Waals surface area (Å²) in [5, 5.41) is 10.8. The van der Waals surface area contributed by atoms with Crippen molar-refractivity contribution in [2.75, 3.05) is 13.1 Å². The van der Waals surface area contributed by atoms with Gasteiger partial charge < -0.3 is 0 Å². The van der Waals surface area contributed by atoms with Gasteiger partial charge in [-0.15, -0.1) is 11.3 Å². The van der Waals surface area contributed by atoms with Crippen LogP contribution >= 0.6 is 22.9 Å². The fourth-order valence-electron chi connectivity index (χ4n) is 2.52. The van der Waals surface area contributed by atoms with Gasteiger partial charge in [0, 0.05) is 19.2 Å². The molecule has 20 heavy (non-hydrogen) atoms. The molecule has 2 heterocycles. The number of piperidine rings is 1. The van der Waals surface area contributed by atoms with Crippen LogP contribution in [0.15, 0.2) is 10.3 Å². The van der Waals surface area contributed by atoms with Crippen LogP contribution in [0.25, 0.3) is 0 Å². The van der Waals surface area contributed by atoms with Gasteiger partial charge in [-0.05, 0) is 18.3 Å². The molecule has 9 heteroatoms. The van der Waals surface area contributed by atoms with Gasteiger partial charge >= 0.3 is 0 Å². The Bertz CT molecular complexity index is 618. The molecule has 2 unspecified atom stereocenters. The molecule has 112 valence electrons. The van der Waals surface area contributed by atoms with E-state index in [4.69, 9.17) is 11.6 Å². The minimum absolute atomic E-state index is 0.0597. The van der Waals surface area contributed by atoms with E-state index in [0.29, 0.717) is 13.1 Å². The smallest absolute Gasteiger partial charge is 0.258 e. The highest BCUT2D eigenvalue weighted by molar-refractivity contribution is 7.91. The van der Waals surface area contributed by atoms with E-state index in [9.17, 15) is 18.5 Å². The molecule has 0 radical (unpaired) electrons. The van der Waals surface area contributed by atoms with Gasteiger partial charge in [0.15, 0.2) is 4.34 Å². The lowest BCUT2D eigenvalue weighted by Gasteiger charge is -2.33. The van der Waals surface area contributed by atoms with Gasteiger partial charge in [-0.1, -0.05) is 25.4 Å². The molecule has 0 N–H and O–H groups in total. The SMILES string of the molecule is CC1CC(C)CN(S(=O)(=O)c2cc([N+](=O)[O-])c(Cl)s2)C1. The highest BCUT2D eigenvalue weighted by Crippen LogP contribution is 2.38. The lowest BCUT2D eigenvalue weighted by atomic mass is 9.94. The monoisotopic (exact) mass is 338 g/mol. The van der Waals surface area contributed by atoms with Crippen molar-refractivity contribution in [3.63, 3.8) is 0 Å². The lowest BCUT2D eigenvalue weighted by molar-refractivity contribution is -0.384. The third-order valence-electron chi connectivity index (χ3n) is 3.27. The predicted octanol–water partition coefficient (Wildman–Crippen LogP) is 2.98. The largest absolute Gasteiger partial charge is 0.300 e. The third-order valence-corrected chi connectivity index (χ3v) is 6.89. The van der Waals surface area contributed by atoms with Crippen LogP contribution in [0.1, 0.15) is 20.3 Å². The summed E-state index contributed by atoms with van der Waals surface area (Å²) >= 11 is 6.48. The fourth-order valence-corrected chi connectivity index (χ4v) is 6.02. The molecule has 6 nitrogen and oxygen atoms in total. The Hall–Kier alpha value is -0.700. The van der Waals surface area contributed by atoms with E-state index < -0.39 is 14.9 Å². The number of hydrogen-bond acceptors (Lipinski definition) is 5. The first-order chi connectivity index (χ1) is 9.21. The molecule has 1 aliphatic rings. The maximum absolute atomic E-state index is 12.5. The van der Waals surface area contributed by atoms with Crippen LogP contribution in [-0.2, 0) is 10.0 Å². The maximum Gasteiger partial charge on any atom is 0.300 e. The van der Waals surface area contributed by atoms with E-state index in [0.717, 1.165) is 23.8 Å². The lowest BCUT2D eigenvalue weighted by Crippen LogP contribution is -2.42. The van der Waals surface area contributed by atoms with Gasteiger partial charge in [-0.25, -0.2) is 8.42 Å². The number of rotatable bonds is 3. The Kier molecular flexibility index (Phi) is 4.38. The Morgan fingerprint density at radius 3 is 2.40 bits per heavy atom. The van der Waals surface area contributed by atoms with E-state index in [2.05, 4.69) is 0 Å². The Morgan fingerprint density at radius 1 is 1.40 bits per heavy atom. The van der Waals surface area contributed by atoms with Crippen LogP contribution in [0, 0.1) is 22.0 Å². The first-order valence-corrected chi connectivity index (χ1v) is 8.79. The number of sulfonamides is 1. The molecule has 1 aromatic rings. The van der Waals surface area contributed by atoms with Gasteiger partial charge in [-0.3, -0.25) is 10.1 Å². The molecule has 2 rings (SSSR count). The number of hydrogen-bond donors (Lipinski definition) is 0. The van der Waals surface area contributed by atoms with E-state index in [1.807, 2.05) is 13.8 Å². The van der Waals surface area contributed by atoms with Gasteiger partial charge in [-0.2, -0.15) is 4.31 Å². The highest BCUT2D eigenvalue weighted by Gasteiger charge is 2.34. The van der Waals surface area contributed by atoms with E-state index in [1.54, 1.807) is 0 Å². The molecule has 1 fully saturated rings. The van der Waals surface area contributed by atoms with Gasteiger partial charge in [0.1, 0.15) is 4.21 Å². The van der Waals surface area contributed by atoms with Gasteiger partial charge in [0.2, 0.25) is 0 Å². The molecule has 0 saturated carbocycles. The number of nitrogens with zero attached hydrogens (tertiary/aromatic N) is 2. The van der Waals surface area contributed by atoms with Crippen molar-refractivity contribution in [2.45, 2.75) is 24.5 Å². The minimum Gasteiger partial charge on any atom is -0.258 e. The summed E-state index contributed by atoms with van der Waals surface area (Å²) in [5.41, 5.74) is -0.353. The van der Waals surface area contributed by atoms with Crippen molar-refractivity contribution in [3.05, 3.63) is 20.5 Å². The first-order valence-electron chi connectivity index (χ1n) is 6.15. The second-order valence-corrected chi connectivity index (χ2v) is 9.07. The van der Waals surface area contributed by atoms with Crippen molar-refractivity contribution < 1.29 is 13.3 Å². The standard InChI is InChI=1S/C11H15ClN2O4S2/c1-7-3-8(2)6-13(5-7)20(17,18)10-4-9(14(15)16)11(12)19-10/h4,7-8H,3,5-6H2,1-2H3. The average molecular weight is 339 g/mol. The second-order valence-electron chi connectivity index (χ2n) is 5.25. The number of nitro groups is 1. The van der Waals surface area contributed by atoms with Crippen molar-refractivity contribution in [1.82, 2.24) is 4.31 Å². The third kappa shape index (κ3) is 2.98. The summed E-state index contributed by atoms with van der Waals surface area (Å²) in [6.45, 7) is 4.88. The van der Waals surface area contributed by atoms with Crippen LogP contribution in [0.4, 0.5) is 5.69 Å². The molecular formula is C11H15ClN2O4S2. The second kappa shape index (κ2) is 5.59. The maximum atomic E-state index is 12.5. The molecular weight excluding hydrogens is 324 g/mol. The fraction of sp³-hybridized carbons (Fsp3) is 0.636. The average Bonchev–Trinajstić information content (AvgIpc) is 2.70. The topological polar surface area (TPSA) is 80.5 Å². The van der Waals surface area contributed by atoms with Crippen LogP contribution in [0.3, 0.4) is 0 Å². The van der Waals surface area contributed by atoms with Crippen LogP contribution in [0.5, 0.6) is 0 Å². The predicted molar refractivity (Wildman–Crippen MR) is 77.7 cm³/mol. The van der Waals surface area contributed by atoms with Crippen molar-refractivity contribution in [1.29, 1.82) is 0 Å². The van der Waals surface area contributed by atoms with E-state index in [-0.39, 0.29) is 26.1 Å². The van der Waals surface area contributed by atoms with Crippen LogP contribution in [0.2, 0.25) is 4.34 Å². The van der Waals surface area contributed by atoms with E-state index >= 15 is 0 Å². The molecule has 1 aromatic heterocycles. The highest BCUT2D eigenvalue weighted by atomic mass is 35.5. The zero-order chi connectivity index (χ0) is 15.1. The molecule has 0 spiro atoms. The zero-order valence-electron chi connectivity index (χ0n) is 11.1. The molecule has 0 amide bonds. The Morgan fingerprint density at radius 2 is 1.95 bits per heavy atom. The molecule has 1 aliphatic heterocycles. The van der Waals surface area contributed by atoms with Gasteiger partial charge in [0.25, 0.3) is 15.7 Å². The molecule has 0 aliphatic carbocycles. The first kappa shape index (κ1) is 15.7. The Labute approximate surface area is 126 Å². The van der Waals surface area contributed by atoms with Crippen molar-refractivity contribution in [3.8, 4) is 0 Å². The zero-order valence-corrected chi connectivity index (χ0v) is 13.5. The minimum atomic E-state index is -3.70. The molecule has 1 saturated heterocycles. The molecule has 0 aromatic carbocycles. The quantitative estimate of drug-likeness (QED) is 0.626. The van der Waals surface area contributed by atoms with Gasteiger partial charge in [0.05, 0.1) is 4.92 Å². The summed E-state index contributed by atoms with van der Waals surface area (Å²) < 4.78 is 26.3.